The van der Waals surface area contributed by atoms with Crippen LogP contribution < -0.4 is 15.4 Å². The Labute approximate surface area is 204 Å². The van der Waals surface area contributed by atoms with Gasteiger partial charge in [-0.1, -0.05) is 18.2 Å². The zero-order chi connectivity index (χ0) is 25.9. The van der Waals surface area contributed by atoms with E-state index in [0.717, 1.165) is 6.07 Å². The average Bonchev–Trinajstić information content (AvgIpc) is 3.64. The molecule has 1 atom stereocenters. The van der Waals surface area contributed by atoms with E-state index in [1.165, 1.54) is 49.9 Å². The van der Waals surface area contributed by atoms with Crippen LogP contribution in [0.3, 0.4) is 0 Å². The maximum Gasteiger partial charge on any atom is 0.419 e. The first-order valence-electron chi connectivity index (χ1n) is 11.1. The molecule has 0 saturated heterocycles. The lowest BCUT2D eigenvalue weighted by molar-refractivity contribution is -0.138. The van der Waals surface area contributed by atoms with Crippen molar-refractivity contribution in [2.75, 3.05) is 0 Å². The van der Waals surface area contributed by atoms with Gasteiger partial charge in [0.05, 0.1) is 17.2 Å². The third-order valence-electron chi connectivity index (χ3n) is 5.76. The fourth-order valence-electron chi connectivity index (χ4n) is 3.51. The molecule has 2 aromatic carbocycles. The van der Waals surface area contributed by atoms with E-state index in [9.17, 15) is 27.9 Å². The van der Waals surface area contributed by atoms with Crippen LogP contribution in [0.1, 0.15) is 52.9 Å². The molecule has 1 aromatic heterocycles. The predicted octanol–water partition coefficient (Wildman–Crippen LogP) is 3.92. The molecule has 188 valence electrons. The number of aliphatic hydroxyl groups excluding tert-OH is 1. The van der Waals surface area contributed by atoms with E-state index < -0.39 is 29.3 Å². The van der Waals surface area contributed by atoms with Crippen LogP contribution in [-0.2, 0) is 17.5 Å². The molecule has 2 amide bonds. The van der Waals surface area contributed by atoms with Crippen molar-refractivity contribution < 1.29 is 32.6 Å². The highest BCUT2D eigenvalue weighted by molar-refractivity contribution is 6.00. The molecule has 4 rings (SSSR count). The Hall–Kier alpha value is -3.99. The minimum Gasteiger partial charge on any atom is -0.457 e. The SMILES string of the molecule is CC(O)c1ccc(Oc2ccc(CNC(=O)C3(NC(=O)c4cncnc4)CC3)cc2)c(C(F)(F)F)c1. The van der Waals surface area contributed by atoms with Gasteiger partial charge in [-0.2, -0.15) is 13.2 Å². The standard InChI is InChI=1S/C25H23F3N4O4/c1-15(33)17-4-7-21(20(10-17)25(26,27)28)36-19-5-2-16(3-6-19)11-31-23(35)24(8-9-24)32-22(34)18-12-29-14-30-13-18/h2-7,10,12-15,33H,8-9,11H2,1H3,(H,31,35)(H,32,34). The van der Waals surface area contributed by atoms with Crippen LogP contribution in [0.4, 0.5) is 13.2 Å². The van der Waals surface area contributed by atoms with Crippen molar-refractivity contribution in [1.29, 1.82) is 0 Å². The number of amides is 2. The van der Waals surface area contributed by atoms with Gasteiger partial charge in [0, 0.05) is 18.9 Å². The Morgan fingerprint density at radius 2 is 1.78 bits per heavy atom. The van der Waals surface area contributed by atoms with Crippen LogP contribution in [0.25, 0.3) is 0 Å². The van der Waals surface area contributed by atoms with Crippen LogP contribution in [-0.4, -0.2) is 32.4 Å². The Morgan fingerprint density at radius 1 is 1.11 bits per heavy atom. The van der Waals surface area contributed by atoms with Gasteiger partial charge in [0.25, 0.3) is 5.91 Å². The monoisotopic (exact) mass is 500 g/mol. The number of nitrogens with one attached hydrogen (secondary N) is 2. The minimum absolute atomic E-state index is 0.127. The largest absolute Gasteiger partial charge is 0.457 e. The maximum atomic E-state index is 13.5. The molecule has 1 heterocycles. The van der Waals surface area contributed by atoms with Gasteiger partial charge in [0.2, 0.25) is 5.91 Å². The first-order chi connectivity index (χ1) is 17.1. The van der Waals surface area contributed by atoms with E-state index in [1.807, 2.05) is 0 Å². The summed E-state index contributed by atoms with van der Waals surface area (Å²) in [5, 5.41) is 15.1. The summed E-state index contributed by atoms with van der Waals surface area (Å²) >= 11 is 0. The normalized spacial score (nSPS) is 15.0. The number of hydrogen-bond donors (Lipinski definition) is 3. The molecule has 3 N–H and O–H groups in total. The van der Waals surface area contributed by atoms with E-state index in [-0.39, 0.29) is 35.1 Å². The summed E-state index contributed by atoms with van der Waals surface area (Å²) in [6, 6.07) is 9.63. The number of ether oxygens (including phenoxy) is 1. The molecule has 8 nitrogen and oxygen atoms in total. The molecule has 0 spiro atoms. The molecule has 1 aliphatic rings. The highest BCUT2D eigenvalue weighted by Crippen LogP contribution is 2.40. The number of nitrogens with zero attached hydrogens (tertiary/aromatic N) is 2. The van der Waals surface area contributed by atoms with Gasteiger partial charge in [0.15, 0.2) is 0 Å². The smallest absolute Gasteiger partial charge is 0.419 e. The third-order valence-corrected chi connectivity index (χ3v) is 5.76. The van der Waals surface area contributed by atoms with Gasteiger partial charge in [-0.25, -0.2) is 9.97 Å². The summed E-state index contributed by atoms with van der Waals surface area (Å²) in [5.74, 6) is -0.981. The van der Waals surface area contributed by atoms with Crippen molar-refractivity contribution in [2.24, 2.45) is 0 Å². The van der Waals surface area contributed by atoms with Crippen LogP contribution in [0.5, 0.6) is 11.5 Å². The topological polar surface area (TPSA) is 113 Å². The van der Waals surface area contributed by atoms with Crippen molar-refractivity contribution >= 4 is 11.8 Å². The van der Waals surface area contributed by atoms with Gasteiger partial charge in [0.1, 0.15) is 23.4 Å². The van der Waals surface area contributed by atoms with Crippen molar-refractivity contribution in [3.63, 3.8) is 0 Å². The van der Waals surface area contributed by atoms with Crippen molar-refractivity contribution in [1.82, 2.24) is 20.6 Å². The number of aliphatic hydroxyl groups is 1. The predicted molar refractivity (Wildman–Crippen MR) is 122 cm³/mol. The molecule has 1 saturated carbocycles. The molecule has 0 radical (unpaired) electrons. The lowest BCUT2D eigenvalue weighted by atomic mass is 10.1. The average molecular weight is 500 g/mol. The van der Waals surface area contributed by atoms with E-state index in [1.54, 1.807) is 12.1 Å². The highest BCUT2D eigenvalue weighted by atomic mass is 19.4. The molecule has 36 heavy (non-hydrogen) atoms. The summed E-state index contributed by atoms with van der Waals surface area (Å²) in [6.45, 7) is 1.53. The number of carbonyl (C=O) groups excluding carboxylic acids is 2. The Bertz CT molecular complexity index is 1240. The van der Waals surface area contributed by atoms with Crippen molar-refractivity contribution in [3.8, 4) is 11.5 Å². The molecule has 0 aliphatic heterocycles. The Morgan fingerprint density at radius 3 is 2.36 bits per heavy atom. The van der Waals surface area contributed by atoms with E-state index in [4.69, 9.17) is 4.74 Å². The quantitative estimate of drug-likeness (QED) is 0.432. The lowest BCUT2D eigenvalue weighted by Crippen LogP contribution is -2.48. The maximum absolute atomic E-state index is 13.5. The van der Waals surface area contributed by atoms with Gasteiger partial charge in [-0.05, 0) is 55.2 Å². The molecular formula is C25H23F3N4O4. The number of halogens is 3. The van der Waals surface area contributed by atoms with Crippen LogP contribution in [0.2, 0.25) is 0 Å². The number of alkyl halides is 3. The number of benzene rings is 2. The second-order valence-electron chi connectivity index (χ2n) is 8.52. The van der Waals surface area contributed by atoms with E-state index in [2.05, 4.69) is 20.6 Å². The second-order valence-corrected chi connectivity index (χ2v) is 8.52. The van der Waals surface area contributed by atoms with Gasteiger partial charge >= 0.3 is 6.18 Å². The first-order valence-corrected chi connectivity index (χ1v) is 11.1. The second kappa shape index (κ2) is 9.94. The van der Waals surface area contributed by atoms with Crippen molar-refractivity contribution in [3.05, 3.63) is 83.4 Å². The molecule has 1 aliphatic carbocycles. The number of aromatic nitrogens is 2. The minimum atomic E-state index is -4.66. The molecule has 3 aromatic rings. The van der Waals surface area contributed by atoms with Crippen LogP contribution >= 0.6 is 0 Å². The summed E-state index contributed by atoms with van der Waals surface area (Å²) in [6.07, 6.45) is -0.689. The summed E-state index contributed by atoms with van der Waals surface area (Å²) in [7, 11) is 0. The van der Waals surface area contributed by atoms with Crippen molar-refractivity contribution in [2.45, 2.75) is 44.1 Å². The zero-order valence-corrected chi connectivity index (χ0v) is 19.2. The number of rotatable bonds is 8. The van der Waals surface area contributed by atoms with Gasteiger partial charge in [-0.15, -0.1) is 0 Å². The molecule has 11 heteroatoms. The molecule has 1 unspecified atom stereocenters. The molecule has 1 fully saturated rings. The Balaban J connectivity index is 1.36. The van der Waals surface area contributed by atoms with E-state index in [0.29, 0.717) is 18.4 Å². The fraction of sp³-hybridized carbons (Fsp3) is 0.280. The van der Waals surface area contributed by atoms with Crippen LogP contribution in [0.15, 0.2) is 61.2 Å². The molecular weight excluding hydrogens is 477 g/mol. The fourth-order valence-corrected chi connectivity index (χ4v) is 3.51. The van der Waals surface area contributed by atoms with Gasteiger partial charge in [-0.3, -0.25) is 9.59 Å². The number of carbonyl (C=O) groups is 2. The van der Waals surface area contributed by atoms with Crippen LogP contribution in [0, 0.1) is 0 Å². The number of hydrogen-bond acceptors (Lipinski definition) is 6. The first kappa shape index (κ1) is 25.1. The zero-order valence-electron chi connectivity index (χ0n) is 19.2. The summed E-state index contributed by atoms with van der Waals surface area (Å²) in [4.78, 5) is 32.6. The third kappa shape index (κ3) is 5.80. The Kier molecular flexibility index (Phi) is 6.93. The van der Waals surface area contributed by atoms with E-state index >= 15 is 0 Å². The highest BCUT2D eigenvalue weighted by Gasteiger charge is 2.51. The van der Waals surface area contributed by atoms with Gasteiger partial charge < -0.3 is 20.5 Å². The summed E-state index contributed by atoms with van der Waals surface area (Å²) < 4.78 is 45.9. The lowest BCUT2D eigenvalue weighted by Gasteiger charge is -2.17. The molecule has 0 bridgehead atoms. The summed E-state index contributed by atoms with van der Waals surface area (Å²) in [5.41, 5.74) is -0.905.